The predicted octanol–water partition coefficient (Wildman–Crippen LogP) is -1.40. The van der Waals surface area contributed by atoms with E-state index in [0.717, 1.165) is 0 Å². The zero-order chi connectivity index (χ0) is 16.5. The second-order valence-electron chi connectivity index (χ2n) is 5.41. The Labute approximate surface area is 130 Å². The average molecular weight is 329 g/mol. The van der Waals surface area contributed by atoms with Crippen LogP contribution in [-0.4, -0.2) is 67.3 Å². The van der Waals surface area contributed by atoms with Crippen molar-refractivity contribution in [1.82, 2.24) is 0 Å². The lowest BCUT2D eigenvalue weighted by molar-refractivity contribution is -0.873. The zero-order valence-corrected chi connectivity index (χ0v) is 13.8. The van der Waals surface area contributed by atoms with Gasteiger partial charge in [-0.05, 0) is 6.92 Å². The maximum atomic E-state index is 10.7. The average Bonchev–Trinajstić information content (AvgIpc) is 2.12. The fourth-order valence-corrected chi connectivity index (χ4v) is 1.17. The highest BCUT2D eigenvalue weighted by Gasteiger charge is 2.20. The van der Waals surface area contributed by atoms with Crippen LogP contribution in [-0.2, 0) is 19.1 Å². The molecule has 1 unspecified atom stereocenters. The number of hydrogen-bond acceptors (Lipinski definition) is 6. The van der Waals surface area contributed by atoms with Crippen LogP contribution in [0.15, 0.2) is 0 Å². The number of carboxylic acids is 2. The van der Waals surface area contributed by atoms with Crippen molar-refractivity contribution in [2.24, 2.45) is 5.73 Å². The molecule has 9 heteroatoms. The van der Waals surface area contributed by atoms with Crippen molar-refractivity contribution >= 4 is 30.3 Å². The van der Waals surface area contributed by atoms with Gasteiger partial charge < -0.3 is 30.0 Å². The third-order valence-electron chi connectivity index (χ3n) is 1.87. The molecule has 0 fully saturated rings. The lowest BCUT2D eigenvalue weighted by Crippen LogP contribution is -2.45. The van der Waals surface area contributed by atoms with Gasteiger partial charge in [-0.25, -0.2) is 0 Å². The van der Waals surface area contributed by atoms with Crippen molar-refractivity contribution in [3.63, 3.8) is 0 Å². The van der Waals surface area contributed by atoms with E-state index in [1.807, 2.05) is 21.1 Å². The lowest BCUT2D eigenvalue weighted by Gasteiger charge is -2.28. The Morgan fingerprint density at radius 1 is 1.29 bits per heavy atom. The van der Waals surface area contributed by atoms with Gasteiger partial charge in [0.1, 0.15) is 12.6 Å². The third-order valence-corrected chi connectivity index (χ3v) is 1.87. The van der Waals surface area contributed by atoms with Crippen LogP contribution < -0.4 is 10.8 Å². The quantitative estimate of drug-likeness (QED) is 0.453. The summed E-state index contributed by atoms with van der Waals surface area (Å²) in [6, 6.07) is -0.731. The van der Waals surface area contributed by atoms with E-state index in [0.29, 0.717) is 11.0 Å². The summed E-state index contributed by atoms with van der Waals surface area (Å²) in [5.41, 5.74) is 4.84. The summed E-state index contributed by atoms with van der Waals surface area (Å²) in [6.45, 7) is 3.13. The first-order valence-electron chi connectivity index (χ1n) is 6.01. The smallest absolute Gasteiger partial charge is 0.320 e. The number of ether oxygens (including phenoxy) is 1. The van der Waals surface area contributed by atoms with Crippen molar-refractivity contribution in [2.45, 2.75) is 32.4 Å². The van der Waals surface area contributed by atoms with Gasteiger partial charge in [-0.3, -0.25) is 9.59 Å². The van der Waals surface area contributed by atoms with Crippen LogP contribution in [0.2, 0.25) is 0 Å². The molecule has 0 heterocycles. The second kappa shape index (κ2) is 11.3. The molecule has 0 aliphatic rings. The molecule has 0 bridgehead atoms. The molecule has 0 spiro atoms. The summed E-state index contributed by atoms with van der Waals surface area (Å²) < 4.78 is 5.39. The van der Waals surface area contributed by atoms with Gasteiger partial charge in [0.15, 0.2) is 6.10 Å². The largest absolute Gasteiger partial charge is 0.550 e. The molecule has 0 rings (SSSR count). The summed E-state index contributed by atoms with van der Waals surface area (Å²) in [4.78, 5) is 30.6. The maximum Gasteiger partial charge on any atom is 0.320 e. The molecule has 0 aliphatic carbocycles. The van der Waals surface area contributed by atoms with Crippen LogP contribution in [0.4, 0.5) is 0 Å². The van der Waals surface area contributed by atoms with E-state index >= 15 is 0 Å². The summed E-state index contributed by atoms with van der Waals surface area (Å²) in [6.07, 6.45) is -0.868. The van der Waals surface area contributed by atoms with Gasteiger partial charge >= 0.3 is 11.9 Å². The second-order valence-corrected chi connectivity index (χ2v) is 5.41. The standard InChI is InChI=1S/C9H17NO4.C3H7NO2.ClH/c1-7(11)14-8(5-9(12)13)6-10(2,3)4;1-2(4)3(5)6;/h8H,5-6H2,1-4H3;2H,4H2,1H3,(H,5,6);1H/t;2-;/m.0./s1. The molecule has 0 aromatic heterocycles. The monoisotopic (exact) mass is 328 g/mol. The number of hydrogen-bond donors (Lipinski definition) is 2. The van der Waals surface area contributed by atoms with Gasteiger partial charge in [-0.15, -0.1) is 12.4 Å². The summed E-state index contributed by atoms with van der Waals surface area (Å²) in [5.74, 6) is -2.63. The number of esters is 1. The van der Waals surface area contributed by atoms with Crippen LogP contribution in [0.25, 0.3) is 0 Å². The molecule has 21 heavy (non-hydrogen) atoms. The fraction of sp³-hybridized carbons (Fsp3) is 0.750. The number of carbonyl (C=O) groups is 3. The first-order valence-corrected chi connectivity index (χ1v) is 6.01. The van der Waals surface area contributed by atoms with E-state index in [9.17, 15) is 19.5 Å². The number of aliphatic carboxylic acids is 2. The molecular formula is C12H25ClN2O6. The number of carbonyl (C=O) groups excluding carboxylic acids is 2. The molecule has 0 aromatic carbocycles. The highest BCUT2D eigenvalue weighted by molar-refractivity contribution is 5.85. The van der Waals surface area contributed by atoms with E-state index in [4.69, 9.17) is 15.6 Å². The number of nitrogens with two attached hydrogens (primary N) is 1. The Morgan fingerprint density at radius 3 is 1.86 bits per heavy atom. The molecule has 3 N–H and O–H groups in total. The van der Waals surface area contributed by atoms with E-state index in [1.54, 1.807) is 0 Å². The molecule has 8 nitrogen and oxygen atoms in total. The molecule has 0 aliphatic heterocycles. The van der Waals surface area contributed by atoms with E-state index < -0.39 is 30.1 Å². The number of carboxylic acid groups (broad SMARTS) is 2. The number of quaternary nitrogens is 1. The number of likely N-dealkylation sites (N-methyl/N-ethyl adjacent to an activating group) is 1. The minimum atomic E-state index is -1.20. The number of rotatable bonds is 6. The number of nitrogens with zero attached hydrogens (tertiary/aromatic N) is 1. The Morgan fingerprint density at radius 2 is 1.67 bits per heavy atom. The molecule has 0 saturated heterocycles. The van der Waals surface area contributed by atoms with Crippen LogP contribution in [0.1, 0.15) is 20.3 Å². The summed E-state index contributed by atoms with van der Waals surface area (Å²) in [7, 11) is 5.68. The van der Waals surface area contributed by atoms with Crippen molar-refractivity contribution in [1.29, 1.82) is 0 Å². The molecule has 126 valence electrons. The molecule has 2 atom stereocenters. The lowest BCUT2D eigenvalue weighted by atomic mass is 10.2. The van der Waals surface area contributed by atoms with Gasteiger partial charge in [-0.1, -0.05) is 0 Å². The van der Waals surface area contributed by atoms with Crippen molar-refractivity contribution < 1.29 is 33.8 Å². The Bertz CT molecular complexity index is 325. The maximum absolute atomic E-state index is 10.7. The van der Waals surface area contributed by atoms with Crippen LogP contribution in [0, 0.1) is 0 Å². The zero-order valence-electron chi connectivity index (χ0n) is 13.0. The Balaban J connectivity index is -0.000000394. The normalized spacial score (nSPS) is 12.9. The van der Waals surface area contributed by atoms with Gasteiger partial charge in [0.05, 0.1) is 21.1 Å². The van der Waals surface area contributed by atoms with Gasteiger partial charge in [0.25, 0.3) is 0 Å². The topological polar surface area (TPSA) is 130 Å². The minimum Gasteiger partial charge on any atom is -0.550 e. The Kier molecular flexibility index (Phi) is 13.2. The highest BCUT2D eigenvalue weighted by Crippen LogP contribution is 2.04. The summed E-state index contributed by atoms with van der Waals surface area (Å²) >= 11 is 0. The summed E-state index contributed by atoms with van der Waals surface area (Å²) in [5, 5.41) is 18.2. The first kappa shape index (κ1) is 24.6. The van der Waals surface area contributed by atoms with E-state index in [2.05, 4.69) is 0 Å². The molecular weight excluding hydrogens is 304 g/mol. The van der Waals surface area contributed by atoms with Crippen LogP contribution in [0.5, 0.6) is 0 Å². The predicted molar refractivity (Wildman–Crippen MR) is 76.6 cm³/mol. The molecule has 0 aromatic rings. The SMILES string of the molecule is CC(=O)OC(CC(=O)[O-])C[N+](C)(C)C.C[C@H](N)C(=O)O.Cl. The van der Waals surface area contributed by atoms with Gasteiger partial charge in [0.2, 0.25) is 0 Å². The minimum absolute atomic E-state index is 0. The van der Waals surface area contributed by atoms with E-state index in [-0.39, 0.29) is 18.8 Å². The van der Waals surface area contributed by atoms with Gasteiger partial charge in [0, 0.05) is 19.3 Å². The first-order chi connectivity index (χ1) is 8.85. The van der Waals surface area contributed by atoms with Gasteiger partial charge in [-0.2, -0.15) is 0 Å². The van der Waals surface area contributed by atoms with Crippen molar-refractivity contribution in [3.05, 3.63) is 0 Å². The Hall–Kier alpha value is -1.38. The molecule has 0 radical (unpaired) electrons. The van der Waals surface area contributed by atoms with Crippen LogP contribution >= 0.6 is 12.4 Å². The molecule has 0 saturated carbocycles. The third kappa shape index (κ3) is 21.1. The van der Waals surface area contributed by atoms with E-state index in [1.165, 1.54) is 13.8 Å². The fourth-order valence-electron chi connectivity index (χ4n) is 1.17. The highest BCUT2D eigenvalue weighted by atomic mass is 35.5. The molecule has 0 amide bonds. The van der Waals surface area contributed by atoms with Crippen molar-refractivity contribution in [3.8, 4) is 0 Å². The number of halogens is 1. The van der Waals surface area contributed by atoms with Crippen molar-refractivity contribution in [2.75, 3.05) is 27.7 Å². The van der Waals surface area contributed by atoms with Crippen LogP contribution in [0.3, 0.4) is 0 Å².